The summed E-state index contributed by atoms with van der Waals surface area (Å²) in [5, 5.41) is 6.92. The standard InChI is InChI=1S/C15H15N7O/c1-21(2)14-13(9-16-10-18-14)20-15(23)12-8-11(4-6-17-12)22-7-3-5-19-22/h3-10H,1-2H3,(H,20,23). The Labute approximate surface area is 132 Å². The van der Waals surface area contributed by atoms with E-state index in [9.17, 15) is 4.79 Å². The molecule has 3 rings (SSSR count). The highest BCUT2D eigenvalue weighted by Crippen LogP contribution is 2.20. The van der Waals surface area contributed by atoms with Gasteiger partial charge in [-0.15, -0.1) is 0 Å². The minimum atomic E-state index is -0.336. The number of carbonyl (C=O) groups excluding carboxylic acids is 1. The lowest BCUT2D eigenvalue weighted by Crippen LogP contribution is -2.19. The number of anilines is 2. The molecule has 0 aliphatic carbocycles. The van der Waals surface area contributed by atoms with Crippen LogP contribution in [0.2, 0.25) is 0 Å². The van der Waals surface area contributed by atoms with Crippen molar-refractivity contribution in [3.05, 3.63) is 55.0 Å². The first kappa shape index (κ1) is 14.6. The van der Waals surface area contributed by atoms with Crippen molar-refractivity contribution < 1.29 is 4.79 Å². The number of aromatic nitrogens is 5. The van der Waals surface area contributed by atoms with Gasteiger partial charge in [-0.25, -0.2) is 14.6 Å². The molecule has 8 nitrogen and oxygen atoms in total. The Morgan fingerprint density at radius 2 is 2.13 bits per heavy atom. The number of nitrogens with zero attached hydrogens (tertiary/aromatic N) is 6. The normalized spacial score (nSPS) is 10.3. The van der Waals surface area contributed by atoms with E-state index in [0.717, 1.165) is 5.69 Å². The molecule has 0 spiro atoms. The van der Waals surface area contributed by atoms with Gasteiger partial charge in [0.2, 0.25) is 0 Å². The minimum Gasteiger partial charge on any atom is -0.361 e. The van der Waals surface area contributed by atoms with Gasteiger partial charge >= 0.3 is 0 Å². The van der Waals surface area contributed by atoms with Gasteiger partial charge in [-0.3, -0.25) is 9.78 Å². The maximum atomic E-state index is 12.4. The number of carbonyl (C=O) groups is 1. The number of pyridine rings is 1. The second-order valence-electron chi connectivity index (χ2n) is 4.96. The van der Waals surface area contributed by atoms with E-state index in [0.29, 0.717) is 11.5 Å². The summed E-state index contributed by atoms with van der Waals surface area (Å²) in [6, 6.07) is 5.26. The molecule has 0 aliphatic heterocycles. The van der Waals surface area contributed by atoms with Crippen molar-refractivity contribution in [1.29, 1.82) is 0 Å². The molecule has 23 heavy (non-hydrogen) atoms. The van der Waals surface area contributed by atoms with Gasteiger partial charge in [-0.05, 0) is 18.2 Å². The van der Waals surface area contributed by atoms with Crippen LogP contribution in [-0.2, 0) is 0 Å². The van der Waals surface area contributed by atoms with Gasteiger partial charge < -0.3 is 10.2 Å². The summed E-state index contributed by atoms with van der Waals surface area (Å²) < 4.78 is 1.66. The van der Waals surface area contributed by atoms with Crippen molar-refractivity contribution in [3.8, 4) is 5.69 Å². The van der Waals surface area contributed by atoms with Gasteiger partial charge in [0, 0.05) is 32.7 Å². The maximum absolute atomic E-state index is 12.4. The van der Waals surface area contributed by atoms with E-state index in [1.807, 2.05) is 20.2 Å². The van der Waals surface area contributed by atoms with Crippen LogP contribution in [0.3, 0.4) is 0 Å². The van der Waals surface area contributed by atoms with Crippen LogP contribution in [0, 0.1) is 0 Å². The number of amides is 1. The van der Waals surface area contributed by atoms with Gasteiger partial charge in [0.15, 0.2) is 5.82 Å². The van der Waals surface area contributed by atoms with Gasteiger partial charge in [-0.2, -0.15) is 5.10 Å². The van der Waals surface area contributed by atoms with Crippen LogP contribution >= 0.6 is 0 Å². The molecule has 0 aliphatic rings. The Morgan fingerprint density at radius 1 is 1.26 bits per heavy atom. The monoisotopic (exact) mass is 309 g/mol. The Bertz CT molecular complexity index is 814. The van der Waals surface area contributed by atoms with Crippen LogP contribution in [0.5, 0.6) is 0 Å². The van der Waals surface area contributed by atoms with E-state index < -0.39 is 0 Å². The van der Waals surface area contributed by atoms with Crippen molar-refractivity contribution >= 4 is 17.4 Å². The van der Waals surface area contributed by atoms with Crippen molar-refractivity contribution in [2.75, 3.05) is 24.3 Å². The molecular formula is C15H15N7O. The summed E-state index contributed by atoms with van der Waals surface area (Å²) >= 11 is 0. The van der Waals surface area contributed by atoms with Crippen molar-refractivity contribution in [1.82, 2.24) is 24.7 Å². The highest BCUT2D eigenvalue weighted by molar-refractivity contribution is 6.04. The topological polar surface area (TPSA) is 88.8 Å². The van der Waals surface area contributed by atoms with Gasteiger partial charge in [0.05, 0.1) is 11.9 Å². The fourth-order valence-corrected chi connectivity index (χ4v) is 2.06. The molecule has 8 heteroatoms. The summed E-state index contributed by atoms with van der Waals surface area (Å²) in [4.78, 5) is 26.4. The fraction of sp³-hybridized carbons (Fsp3) is 0.133. The summed E-state index contributed by atoms with van der Waals surface area (Å²) in [6.45, 7) is 0. The largest absolute Gasteiger partial charge is 0.361 e. The smallest absolute Gasteiger partial charge is 0.274 e. The highest BCUT2D eigenvalue weighted by Gasteiger charge is 2.13. The van der Waals surface area contributed by atoms with E-state index in [2.05, 4.69) is 25.4 Å². The second-order valence-corrected chi connectivity index (χ2v) is 4.96. The zero-order valence-corrected chi connectivity index (χ0v) is 12.7. The Kier molecular flexibility index (Phi) is 3.96. The first-order valence-electron chi connectivity index (χ1n) is 6.90. The molecular weight excluding hydrogens is 294 g/mol. The first-order chi connectivity index (χ1) is 11.1. The third-order valence-electron chi connectivity index (χ3n) is 3.11. The molecule has 0 radical (unpaired) electrons. The lowest BCUT2D eigenvalue weighted by molar-refractivity contribution is 0.102. The summed E-state index contributed by atoms with van der Waals surface area (Å²) in [6.07, 6.45) is 8.02. The Hall–Kier alpha value is -3.29. The van der Waals surface area contributed by atoms with Crippen molar-refractivity contribution in [2.24, 2.45) is 0 Å². The average molecular weight is 309 g/mol. The molecule has 0 fully saturated rings. The lowest BCUT2D eigenvalue weighted by atomic mass is 10.3. The minimum absolute atomic E-state index is 0.284. The molecule has 1 amide bonds. The van der Waals surface area contributed by atoms with E-state index in [-0.39, 0.29) is 11.6 Å². The average Bonchev–Trinajstić information content (AvgIpc) is 3.10. The van der Waals surface area contributed by atoms with Gasteiger partial charge in [-0.1, -0.05) is 0 Å². The lowest BCUT2D eigenvalue weighted by Gasteiger charge is -2.15. The predicted octanol–water partition coefficient (Wildman–Crippen LogP) is 1.38. The molecule has 0 unspecified atom stereocenters. The van der Waals surface area contributed by atoms with Gasteiger partial charge in [0.25, 0.3) is 5.91 Å². The van der Waals surface area contributed by atoms with E-state index in [1.165, 1.54) is 6.33 Å². The van der Waals surface area contributed by atoms with Crippen LogP contribution in [0.1, 0.15) is 10.5 Å². The molecule has 3 aromatic heterocycles. The van der Waals surface area contributed by atoms with Crippen molar-refractivity contribution in [3.63, 3.8) is 0 Å². The van der Waals surface area contributed by atoms with Crippen LogP contribution in [-0.4, -0.2) is 44.7 Å². The summed E-state index contributed by atoms with van der Waals surface area (Å²) in [7, 11) is 3.68. The van der Waals surface area contributed by atoms with E-state index in [1.54, 1.807) is 46.5 Å². The van der Waals surface area contributed by atoms with Crippen LogP contribution in [0.25, 0.3) is 5.69 Å². The van der Waals surface area contributed by atoms with Gasteiger partial charge in [0.1, 0.15) is 17.7 Å². The number of hydrogen-bond donors (Lipinski definition) is 1. The quantitative estimate of drug-likeness (QED) is 0.783. The van der Waals surface area contributed by atoms with E-state index >= 15 is 0 Å². The zero-order chi connectivity index (χ0) is 16.2. The molecule has 3 aromatic rings. The third kappa shape index (κ3) is 3.15. The maximum Gasteiger partial charge on any atom is 0.274 e. The number of hydrogen-bond acceptors (Lipinski definition) is 6. The molecule has 3 heterocycles. The molecule has 116 valence electrons. The van der Waals surface area contributed by atoms with Crippen LogP contribution in [0.4, 0.5) is 11.5 Å². The summed E-state index contributed by atoms with van der Waals surface area (Å²) in [5.41, 5.74) is 1.56. The molecule has 0 atom stereocenters. The molecule has 0 bridgehead atoms. The molecule has 0 saturated heterocycles. The van der Waals surface area contributed by atoms with Crippen molar-refractivity contribution in [2.45, 2.75) is 0 Å². The molecule has 0 aromatic carbocycles. The highest BCUT2D eigenvalue weighted by atomic mass is 16.1. The predicted molar refractivity (Wildman–Crippen MR) is 85.7 cm³/mol. The Balaban J connectivity index is 1.86. The number of rotatable bonds is 4. The molecule has 1 N–H and O–H groups in total. The second kappa shape index (κ2) is 6.22. The third-order valence-corrected chi connectivity index (χ3v) is 3.11. The van der Waals surface area contributed by atoms with E-state index in [4.69, 9.17) is 0 Å². The first-order valence-corrected chi connectivity index (χ1v) is 6.90. The molecule has 0 saturated carbocycles. The fourth-order valence-electron chi connectivity index (χ4n) is 2.06. The van der Waals surface area contributed by atoms with Crippen LogP contribution in [0.15, 0.2) is 49.3 Å². The SMILES string of the molecule is CN(C)c1ncncc1NC(=O)c1cc(-n2cccn2)ccn1. The summed E-state index contributed by atoms with van der Waals surface area (Å²) in [5.74, 6) is 0.286. The van der Waals surface area contributed by atoms with Crippen LogP contribution < -0.4 is 10.2 Å². The zero-order valence-electron chi connectivity index (χ0n) is 12.7. The Morgan fingerprint density at radius 3 is 2.87 bits per heavy atom. The number of nitrogens with one attached hydrogen (secondary N) is 1.